The van der Waals surface area contributed by atoms with Crippen molar-refractivity contribution in [1.82, 2.24) is 9.80 Å². The van der Waals surface area contributed by atoms with Crippen LogP contribution in [-0.2, 0) is 9.53 Å². The fourth-order valence-electron chi connectivity index (χ4n) is 3.17. The van der Waals surface area contributed by atoms with Crippen molar-refractivity contribution in [3.8, 4) is 0 Å². The van der Waals surface area contributed by atoms with Gasteiger partial charge in [0.25, 0.3) is 0 Å². The van der Waals surface area contributed by atoms with E-state index in [0.717, 1.165) is 64.7 Å². The first-order valence-electron chi connectivity index (χ1n) is 8.61. The highest BCUT2D eigenvalue weighted by Gasteiger charge is 2.27. The second-order valence-electron chi connectivity index (χ2n) is 7.54. The van der Waals surface area contributed by atoms with Gasteiger partial charge in [0.15, 0.2) is 0 Å². The van der Waals surface area contributed by atoms with Crippen LogP contribution >= 0.6 is 0 Å². The Hall–Kier alpha value is -1.26. The number of carbonyl (C=O) groups is 2. The van der Waals surface area contributed by atoms with Crippen molar-refractivity contribution >= 4 is 12.0 Å². The molecule has 0 N–H and O–H groups in total. The number of hydrogen-bond acceptors (Lipinski definition) is 3. The molecule has 2 amide bonds. The normalized spacial score (nSPS) is 21.1. The summed E-state index contributed by atoms with van der Waals surface area (Å²) in [6.07, 6.45) is 5.80. The number of carbonyl (C=O) groups excluding carboxylic acids is 2. The van der Waals surface area contributed by atoms with E-state index >= 15 is 0 Å². The van der Waals surface area contributed by atoms with Crippen molar-refractivity contribution < 1.29 is 14.3 Å². The van der Waals surface area contributed by atoms with E-state index in [1.54, 1.807) is 0 Å². The average molecular weight is 310 g/mol. The molecule has 0 spiro atoms. The van der Waals surface area contributed by atoms with Crippen LogP contribution in [0, 0.1) is 5.92 Å². The highest BCUT2D eigenvalue weighted by molar-refractivity contribution is 5.76. The zero-order valence-electron chi connectivity index (χ0n) is 14.3. The van der Waals surface area contributed by atoms with Crippen LogP contribution in [0.4, 0.5) is 4.79 Å². The summed E-state index contributed by atoms with van der Waals surface area (Å²) in [4.78, 5) is 27.6. The van der Waals surface area contributed by atoms with Crippen LogP contribution in [0.5, 0.6) is 0 Å². The Labute approximate surface area is 134 Å². The summed E-state index contributed by atoms with van der Waals surface area (Å²) >= 11 is 0. The van der Waals surface area contributed by atoms with Crippen molar-refractivity contribution in [2.24, 2.45) is 5.92 Å². The molecule has 0 radical (unpaired) electrons. The topological polar surface area (TPSA) is 49.9 Å². The van der Waals surface area contributed by atoms with E-state index in [1.807, 2.05) is 30.6 Å². The smallest absolute Gasteiger partial charge is 0.410 e. The van der Waals surface area contributed by atoms with Gasteiger partial charge in [-0.25, -0.2) is 4.79 Å². The third kappa shape index (κ3) is 5.18. The molecular weight excluding hydrogens is 280 g/mol. The van der Waals surface area contributed by atoms with Crippen molar-refractivity contribution in [3.63, 3.8) is 0 Å². The summed E-state index contributed by atoms with van der Waals surface area (Å²) in [5.41, 5.74) is -0.428. The number of rotatable bonds is 3. The maximum absolute atomic E-state index is 12.0. The predicted octanol–water partition coefficient (Wildman–Crippen LogP) is 3.04. The Bertz CT molecular complexity index is 395. The lowest BCUT2D eigenvalue weighted by atomic mass is 9.93. The molecule has 22 heavy (non-hydrogen) atoms. The zero-order valence-corrected chi connectivity index (χ0v) is 14.3. The molecule has 2 fully saturated rings. The van der Waals surface area contributed by atoms with Gasteiger partial charge in [-0.3, -0.25) is 4.79 Å². The third-order valence-corrected chi connectivity index (χ3v) is 4.49. The molecule has 0 aromatic heterocycles. The minimum Gasteiger partial charge on any atom is -0.444 e. The van der Waals surface area contributed by atoms with Gasteiger partial charge in [0.05, 0.1) is 0 Å². The zero-order chi connectivity index (χ0) is 16.2. The van der Waals surface area contributed by atoms with E-state index < -0.39 is 5.60 Å². The van der Waals surface area contributed by atoms with Gasteiger partial charge < -0.3 is 14.5 Å². The summed E-state index contributed by atoms with van der Waals surface area (Å²) in [5, 5.41) is 0. The second kappa shape index (κ2) is 7.34. The summed E-state index contributed by atoms with van der Waals surface area (Å²) in [5.74, 6) is 0.936. The van der Waals surface area contributed by atoms with Gasteiger partial charge >= 0.3 is 6.09 Å². The van der Waals surface area contributed by atoms with Crippen LogP contribution in [0.15, 0.2) is 0 Å². The molecule has 0 aromatic carbocycles. The molecule has 0 aromatic rings. The molecule has 2 rings (SSSR count). The average Bonchev–Trinajstić information content (AvgIpc) is 2.45. The molecule has 126 valence electrons. The van der Waals surface area contributed by atoms with Crippen molar-refractivity contribution in [1.29, 1.82) is 0 Å². The molecule has 2 heterocycles. The third-order valence-electron chi connectivity index (χ3n) is 4.49. The van der Waals surface area contributed by atoms with Gasteiger partial charge in [-0.2, -0.15) is 0 Å². The summed E-state index contributed by atoms with van der Waals surface area (Å²) in [6, 6.07) is 0. The summed E-state index contributed by atoms with van der Waals surface area (Å²) in [6.45, 7) is 9.04. The number of piperidine rings is 2. The van der Waals surface area contributed by atoms with E-state index in [-0.39, 0.29) is 6.09 Å². The summed E-state index contributed by atoms with van der Waals surface area (Å²) < 4.78 is 5.42. The Morgan fingerprint density at radius 2 is 1.86 bits per heavy atom. The molecule has 2 aliphatic rings. The van der Waals surface area contributed by atoms with E-state index in [4.69, 9.17) is 4.74 Å². The molecule has 5 heteroatoms. The Morgan fingerprint density at radius 3 is 2.45 bits per heavy atom. The fraction of sp³-hybridized carbons (Fsp3) is 0.882. The number of hydrogen-bond donors (Lipinski definition) is 0. The van der Waals surface area contributed by atoms with E-state index in [2.05, 4.69) is 0 Å². The largest absolute Gasteiger partial charge is 0.444 e. The van der Waals surface area contributed by atoms with Crippen LogP contribution in [0.3, 0.4) is 0 Å². The Kier molecular flexibility index (Phi) is 5.70. The minimum atomic E-state index is -0.428. The van der Waals surface area contributed by atoms with Crippen LogP contribution in [0.25, 0.3) is 0 Å². The first-order chi connectivity index (χ1) is 10.3. The Morgan fingerprint density at radius 1 is 1.18 bits per heavy atom. The molecule has 2 aliphatic heterocycles. The Balaban J connectivity index is 1.68. The number of likely N-dealkylation sites (tertiary alicyclic amines) is 2. The molecule has 0 bridgehead atoms. The molecule has 0 atom stereocenters. The quantitative estimate of drug-likeness (QED) is 0.805. The van der Waals surface area contributed by atoms with Crippen LogP contribution < -0.4 is 0 Å². The first-order valence-corrected chi connectivity index (χ1v) is 8.61. The maximum atomic E-state index is 12.0. The summed E-state index contributed by atoms with van der Waals surface area (Å²) in [7, 11) is 0. The molecule has 0 aliphatic carbocycles. The number of ether oxygens (including phenoxy) is 1. The van der Waals surface area contributed by atoms with Crippen LogP contribution in [0.1, 0.15) is 59.3 Å². The van der Waals surface area contributed by atoms with E-state index in [1.165, 1.54) is 0 Å². The highest BCUT2D eigenvalue weighted by atomic mass is 16.6. The highest BCUT2D eigenvalue weighted by Crippen LogP contribution is 2.23. The van der Waals surface area contributed by atoms with Gasteiger partial charge in [0.1, 0.15) is 5.60 Å². The molecular formula is C17H30N2O3. The standard InChI is InChI=1S/C17H30N2O3/c1-17(2,3)22-16(21)19-12-8-14(9-13-19)7-11-18-10-5-4-6-15(18)20/h14H,4-13H2,1-3H3. The molecule has 2 saturated heterocycles. The lowest BCUT2D eigenvalue weighted by Crippen LogP contribution is -2.42. The second-order valence-corrected chi connectivity index (χ2v) is 7.54. The maximum Gasteiger partial charge on any atom is 0.410 e. The predicted molar refractivity (Wildman–Crippen MR) is 85.6 cm³/mol. The lowest BCUT2D eigenvalue weighted by Gasteiger charge is -2.34. The number of nitrogens with zero attached hydrogens (tertiary/aromatic N) is 2. The van der Waals surface area contributed by atoms with Gasteiger partial charge in [-0.1, -0.05) is 0 Å². The SMILES string of the molecule is CC(C)(C)OC(=O)N1CCC(CCN2CCCCC2=O)CC1. The molecule has 0 saturated carbocycles. The van der Waals surface area contributed by atoms with Gasteiger partial charge in [0, 0.05) is 32.6 Å². The fourth-order valence-corrected chi connectivity index (χ4v) is 3.17. The van der Waals surface area contributed by atoms with Crippen LogP contribution in [-0.4, -0.2) is 53.6 Å². The number of amides is 2. The van der Waals surface area contributed by atoms with E-state index in [9.17, 15) is 9.59 Å². The molecule has 5 nitrogen and oxygen atoms in total. The first kappa shape index (κ1) is 17.1. The monoisotopic (exact) mass is 310 g/mol. The van der Waals surface area contributed by atoms with E-state index in [0.29, 0.717) is 11.8 Å². The van der Waals surface area contributed by atoms with Gasteiger partial charge in [-0.05, 0) is 58.8 Å². The van der Waals surface area contributed by atoms with Gasteiger partial charge in [-0.15, -0.1) is 0 Å². The van der Waals surface area contributed by atoms with Crippen molar-refractivity contribution in [2.45, 2.75) is 64.9 Å². The molecule has 0 unspecified atom stereocenters. The van der Waals surface area contributed by atoms with Gasteiger partial charge in [0.2, 0.25) is 5.91 Å². The van der Waals surface area contributed by atoms with Crippen molar-refractivity contribution in [2.75, 3.05) is 26.2 Å². The minimum absolute atomic E-state index is 0.197. The lowest BCUT2D eigenvalue weighted by molar-refractivity contribution is -0.133. The van der Waals surface area contributed by atoms with Crippen LogP contribution in [0.2, 0.25) is 0 Å². The van der Waals surface area contributed by atoms with Crippen molar-refractivity contribution in [3.05, 3.63) is 0 Å².